The molecule has 0 amide bonds. The highest BCUT2D eigenvalue weighted by Crippen LogP contribution is 2.30. The van der Waals surface area contributed by atoms with Crippen LogP contribution in [0.2, 0.25) is 5.02 Å². The molecule has 1 aliphatic rings. The third kappa shape index (κ3) is 4.95. The highest BCUT2D eigenvalue weighted by Gasteiger charge is 2.28. The van der Waals surface area contributed by atoms with Crippen molar-refractivity contribution in [3.63, 3.8) is 0 Å². The Morgan fingerprint density at radius 2 is 1.51 bits per heavy atom. The summed E-state index contributed by atoms with van der Waals surface area (Å²) in [5, 5.41) is 15.6. The lowest BCUT2D eigenvalue weighted by Gasteiger charge is -2.21. The Morgan fingerprint density at radius 1 is 0.865 bits per heavy atom. The average Bonchev–Trinajstić information content (AvgIpc) is 3.27. The van der Waals surface area contributed by atoms with E-state index in [-0.39, 0.29) is 12.2 Å². The second kappa shape index (κ2) is 9.29. The lowest BCUT2D eigenvalue weighted by molar-refractivity contribution is 0.590. The quantitative estimate of drug-likeness (QED) is 0.357. The van der Waals surface area contributed by atoms with E-state index in [4.69, 9.17) is 16.7 Å². The van der Waals surface area contributed by atoms with Gasteiger partial charge in [-0.25, -0.2) is 21.8 Å². The molecule has 0 atom stereocenters. The number of fused-ring (bicyclic) bond motifs is 3. The van der Waals surface area contributed by atoms with Crippen molar-refractivity contribution >= 4 is 49.0 Å². The molecule has 3 aromatic carbocycles. The van der Waals surface area contributed by atoms with Gasteiger partial charge in [0, 0.05) is 16.1 Å². The number of hydrogen-bond acceptors (Lipinski definition) is 8. The summed E-state index contributed by atoms with van der Waals surface area (Å²) in [5.74, 6) is 0.481. The van der Waals surface area contributed by atoms with Crippen LogP contribution in [0.1, 0.15) is 16.7 Å². The van der Waals surface area contributed by atoms with Crippen LogP contribution in [-0.4, -0.2) is 49.8 Å². The van der Waals surface area contributed by atoms with E-state index in [1.54, 1.807) is 35.6 Å². The molecule has 0 fully saturated rings. The highest BCUT2D eigenvalue weighted by molar-refractivity contribution is 8.09. The number of benzene rings is 3. The average molecular weight is 557 g/mol. The van der Waals surface area contributed by atoms with Crippen molar-refractivity contribution in [1.29, 1.82) is 0 Å². The van der Waals surface area contributed by atoms with Gasteiger partial charge in [-0.2, -0.15) is 8.81 Å². The van der Waals surface area contributed by atoms with Gasteiger partial charge in [-0.05, 0) is 35.9 Å². The van der Waals surface area contributed by atoms with Crippen LogP contribution in [0.3, 0.4) is 0 Å². The minimum absolute atomic E-state index is 0.0190. The van der Waals surface area contributed by atoms with Gasteiger partial charge >= 0.3 is 0 Å². The number of nitrogens with zero attached hydrogens (tertiary/aromatic N) is 6. The molecule has 0 saturated carbocycles. The molecule has 190 valence electrons. The van der Waals surface area contributed by atoms with Crippen molar-refractivity contribution in [2.24, 2.45) is 5.10 Å². The first-order valence-electron chi connectivity index (χ1n) is 10.9. The minimum atomic E-state index is -4.04. The topological polar surface area (TPSA) is 118 Å². The van der Waals surface area contributed by atoms with Gasteiger partial charge in [-0.1, -0.05) is 54.1 Å². The van der Waals surface area contributed by atoms with Crippen LogP contribution in [0, 0.1) is 0 Å². The first kappa shape index (κ1) is 24.9. The van der Waals surface area contributed by atoms with Crippen molar-refractivity contribution in [1.82, 2.24) is 14.8 Å². The molecule has 0 radical (unpaired) electrons. The van der Waals surface area contributed by atoms with E-state index in [9.17, 15) is 16.8 Å². The summed E-state index contributed by atoms with van der Waals surface area (Å²) in [6.07, 6.45) is 3.30. The van der Waals surface area contributed by atoms with E-state index < -0.39 is 20.0 Å². The number of aromatic nitrogens is 3. The molecular formula is C24H21ClN6O4S2. The predicted octanol–water partition coefficient (Wildman–Crippen LogP) is 3.42. The Bertz CT molecular complexity index is 1690. The number of rotatable bonds is 6. The maximum Gasteiger partial charge on any atom is 0.252 e. The maximum absolute atomic E-state index is 12.1. The normalized spacial score (nSPS) is 13.4. The smallest absolute Gasteiger partial charge is 0.252 e. The van der Waals surface area contributed by atoms with E-state index in [0.29, 0.717) is 20.4 Å². The van der Waals surface area contributed by atoms with Crippen molar-refractivity contribution in [2.75, 3.05) is 21.2 Å². The van der Waals surface area contributed by atoms with Crippen LogP contribution in [0.5, 0.6) is 0 Å². The van der Waals surface area contributed by atoms with Crippen LogP contribution in [-0.2, 0) is 26.6 Å². The Morgan fingerprint density at radius 3 is 2.16 bits per heavy atom. The fourth-order valence-electron chi connectivity index (χ4n) is 4.13. The number of hydrogen-bond donors (Lipinski definition) is 0. The molecule has 0 unspecified atom stereocenters. The summed E-state index contributed by atoms with van der Waals surface area (Å²) in [6.45, 7) is 0.252. The Kier molecular flexibility index (Phi) is 6.26. The number of halogens is 1. The Labute approximate surface area is 219 Å². The minimum Gasteiger partial charge on any atom is -0.266 e. The Hall–Kier alpha value is -3.74. The molecule has 13 heteroatoms. The van der Waals surface area contributed by atoms with Crippen LogP contribution < -0.4 is 8.72 Å². The first-order chi connectivity index (χ1) is 17.5. The van der Waals surface area contributed by atoms with Gasteiger partial charge in [-0.15, -0.1) is 10.2 Å². The predicted molar refractivity (Wildman–Crippen MR) is 143 cm³/mol. The van der Waals surface area contributed by atoms with Crippen molar-refractivity contribution < 1.29 is 16.8 Å². The van der Waals surface area contributed by atoms with E-state index in [1.807, 2.05) is 41.0 Å². The maximum atomic E-state index is 12.1. The third-order valence-corrected chi connectivity index (χ3v) is 9.10. The van der Waals surface area contributed by atoms with Gasteiger partial charge in [-0.3, -0.25) is 4.57 Å². The largest absolute Gasteiger partial charge is 0.266 e. The number of para-hydroxylation sites is 1. The van der Waals surface area contributed by atoms with Gasteiger partial charge < -0.3 is 0 Å². The highest BCUT2D eigenvalue weighted by atomic mass is 35.5. The second-order valence-corrected chi connectivity index (χ2v) is 12.8. The molecular weight excluding hydrogens is 536 g/mol. The first-order valence-corrected chi connectivity index (χ1v) is 15.0. The Balaban J connectivity index is 1.58. The second-order valence-electron chi connectivity index (χ2n) is 8.42. The zero-order valence-electron chi connectivity index (χ0n) is 19.7. The number of hydrazone groups is 1. The molecule has 1 aliphatic heterocycles. The van der Waals surface area contributed by atoms with Crippen LogP contribution in [0.25, 0.3) is 5.69 Å². The molecule has 1 aromatic heterocycles. The summed E-state index contributed by atoms with van der Waals surface area (Å²) >= 11 is 6.11. The van der Waals surface area contributed by atoms with Gasteiger partial charge in [0.15, 0.2) is 0 Å². The standard InChI is InChI=1S/C24H21ClN6O4S2/c1-36(32,33)31(37(2,34)35)20-13-7-17(8-14-20)15-30-24-27-26-16-29(24)22-6-4-3-5-21(22)23(28-30)18-9-11-19(25)12-10-18/h3-14,16H,15H2,1-2H3. The van der Waals surface area contributed by atoms with Gasteiger partial charge in [0.05, 0.1) is 30.4 Å². The fraction of sp³-hybridized carbons (Fsp3) is 0.125. The summed E-state index contributed by atoms with van der Waals surface area (Å²) < 4.78 is 50.7. The molecule has 0 spiro atoms. The molecule has 0 saturated heterocycles. The van der Waals surface area contributed by atoms with Crippen LogP contribution in [0.15, 0.2) is 84.2 Å². The lowest BCUT2D eigenvalue weighted by atomic mass is 10.0. The molecule has 2 heterocycles. The summed E-state index contributed by atoms with van der Waals surface area (Å²) in [4.78, 5) is 0. The molecule has 0 aliphatic carbocycles. The molecule has 4 aromatic rings. The van der Waals surface area contributed by atoms with E-state index in [1.165, 1.54) is 12.1 Å². The van der Waals surface area contributed by atoms with E-state index >= 15 is 0 Å². The zero-order valence-corrected chi connectivity index (χ0v) is 22.1. The van der Waals surface area contributed by atoms with Gasteiger partial charge in [0.2, 0.25) is 20.0 Å². The van der Waals surface area contributed by atoms with E-state index in [0.717, 1.165) is 34.9 Å². The lowest BCUT2D eigenvalue weighted by Crippen LogP contribution is -2.35. The summed E-state index contributed by atoms with van der Waals surface area (Å²) in [6, 6.07) is 21.3. The van der Waals surface area contributed by atoms with Crippen LogP contribution in [0.4, 0.5) is 11.6 Å². The number of sulfonamides is 2. The van der Waals surface area contributed by atoms with E-state index in [2.05, 4.69) is 10.2 Å². The van der Waals surface area contributed by atoms with Crippen molar-refractivity contribution in [3.05, 3.63) is 101 Å². The molecule has 0 bridgehead atoms. The zero-order chi connectivity index (χ0) is 26.4. The fourth-order valence-corrected chi connectivity index (χ4v) is 7.23. The molecule has 10 nitrogen and oxygen atoms in total. The van der Waals surface area contributed by atoms with Crippen molar-refractivity contribution in [2.45, 2.75) is 6.54 Å². The summed E-state index contributed by atoms with van der Waals surface area (Å²) in [7, 11) is -8.09. The summed E-state index contributed by atoms with van der Waals surface area (Å²) in [5.41, 5.74) is 4.05. The SMILES string of the molecule is CS(=O)(=O)N(c1ccc(CN2N=C(c3ccc(Cl)cc3)c3ccccc3-n3cnnc32)cc1)S(C)(=O)=O. The van der Waals surface area contributed by atoms with Gasteiger partial charge in [0.1, 0.15) is 12.0 Å². The molecule has 0 N–H and O–H groups in total. The molecule has 37 heavy (non-hydrogen) atoms. The third-order valence-electron chi connectivity index (χ3n) is 5.60. The number of anilines is 2. The van der Waals surface area contributed by atoms with Crippen molar-refractivity contribution in [3.8, 4) is 5.69 Å². The van der Waals surface area contributed by atoms with Crippen LogP contribution >= 0.6 is 11.6 Å². The van der Waals surface area contributed by atoms with Gasteiger partial charge in [0.25, 0.3) is 5.95 Å². The molecule has 5 rings (SSSR count). The monoisotopic (exact) mass is 556 g/mol.